The Morgan fingerprint density at radius 3 is 2.52 bits per heavy atom. The first-order valence-electron chi connectivity index (χ1n) is 7.26. The third kappa shape index (κ3) is 5.85. The Kier molecular flexibility index (Phi) is 5.76. The number of guanidine groups is 1. The third-order valence-corrected chi connectivity index (χ3v) is 2.86. The van der Waals surface area contributed by atoms with Gasteiger partial charge in [0.25, 0.3) is 0 Å². The van der Waals surface area contributed by atoms with Crippen LogP contribution in [-0.4, -0.2) is 17.5 Å². The molecular formula is C16H26N4O. The molecule has 21 heavy (non-hydrogen) atoms. The Morgan fingerprint density at radius 2 is 1.95 bits per heavy atom. The number of carbonyl (C=O) groups is 1. The Hall–Kier alpha value is -2.04. The van der Waals surface area contributed by atoms with Gasteiger partial charge in [-0.05, 0) is 45.2 Å². The van der Waals surface area contributed by atoms with Crippen LogP contribution in [0.4, 0.5) is 10.5 Å². The van der Waals surface area contributed by atoms with Gasteiger partial charge in [0.15, 0.2) is 0 Å². The summed E-state index contributed by atoms with van der Waals surface area (Å²) in [6.45, 7) is 9.79. The highest BCUT2D eigenvalue weighted by atomic mass is 16.2. The van der Waals surface area contributed by atoms with Crippen molar-refractivity contribution in [1.29, 1.82) is 5.41 Å². The monoisotopic (exact) mass is 290 g/mol. The van der Waals surface area contributed by atoms with Gasteiger partial charge in [0.1, 0.15) is 0 Å². The SMILES string of the molecule is CCCc1cccc(C)c1NC(=N)NC(=O)NC(C)(C)C. The van der Waals surface area contributed by atoms with E-state index in [0.29, 0.717) is 0 Å². The van der Waals surface area contributed by atoms with E-state index in [0.717, 1.165) is 29.7 Å². The third-order valence-electron chi connectivity index (χ3n) is 2.86. The molecule has 4 N–H and O–H groups in total. The number of hydrogen-bond acceptors (Lipinski definition) is 2. The van der Waals surface area contributed by atoms with E-state index in [4.69, 9.17) is 5.41 Å². The summed E-state index contributed by atoms with van der Waals surface area (Å²) in [5.41, 5.74) is 2.78. The van der Waals surface area contributed by atoms with Gasteiger partial charge in [-0.15, -0.1) is 0 Å². The smallest absolute Gasteiger partial charge is 0.321 e. The molecule has 0 radical (unpaired) electrons. The number of hydrogen-bond donors (Lipinski definition) is 4. The molecule has 0 fully saturated rings. The van der Waals surface area contributed by atoms with Gasteiger partial charge in [0, 0.05) is 11.2 Å². The molecule has 0 aromatic heterocycles. The zero-order valence-corrected chi connectivity index (χ0v) is 13.6. The zero-order valence-electron chi connectivity index (χ0n) is 13.6. The number of benzene rings is 1. The highest BCUT2D eigenvalue weighted by Crippen LogP contribution is 2.21. The van der Waals surface area contributed by atoms with Crippen LogP contribution >= 0.6 is 0 Å². The molecule has 116 valence electrons. The number of nitrogens with one attached hydrogen (secondary N) is 4. The summed E-state index contributed by atoms with van der Waals surface area (Å²) < 4.78 is 0. The van der Waals surface area contributed by atoms with E-state index in [1.54, 1.807) is 0 Å². The van der Waals surface area contributed by atoms with Crippen molar-refractivity contribution in [2.24, 2.45) is 0 Å². The Bertz CT molecular complexity index is 517. The van der Waals surface area contributed by atoms with Crippen molar-refractivity contribution < 1.29 is 4.79 Å². The van der Waals surface area contributed by atoms with Crippen LogP contribution in [0, 0.1) is 12.3 Å². The molecule has 0 bridgehead atoms. The van der Waals surface area contributed by atoms with Crippen LogP contribution in [-0.2, 0) is 6.42 Å². The predicted molar refractivity (Wildman–Crippen MR) is 87.9 cm³/mol. The predicted octanol–water partition coefficient (Wildman–Crippen LogP) is 3.39. The Morgan fingerprint density at radius 1 is 1.29 bits per heavy atom. The van der Waals surface area contributed by atoms with E-state index in [9.17, 15) is 4.79 Å². The van der Waals surface area contributed by atoms with E-state index in [1.165, 1.54) is 0 Å². The summed E-state index contributed by atoms with van der Waals surface area (Å²) in [5.74, 6) is -0.0246. The number of para-hydroxylation sites is 1. The zero-order chi connectivity index (χ0) is 16.0. The normalized spacial score (nSPS) is 10.9. The number of urea groups is 1. The molecule has 0 saturated heterocycles. The summed E-state index contributed by atoms with van der Waals surface area (Å²) in [4.78, 5) is 11.8. The molecule has 0 aliphatic carbocycles. The van der Waals surface area contributed by atoms with Gasteiger partial charge >= 0.3 is 6.03 Å². The number of amides is 2. The lowest BCUT2D eigenvalue weighted by molar-refractivity contribution is 0.236. The minimum absolute atomic E-state index is 0.0246. The van der Waals surface area contributed by atoms with Crippen molar-refractivity contribution in [1.82, 2.24) is 10.6 Å². The highest BCUT2D eigenvalue weighted by Gasteiger charge is 2.15. The summed E-state index contributed by atoms with van der Waals surface area (Å²) in [5, 5.41) is 16.2. The second-order valence-corrected chi connectivity index (χ2v) is 6.19. The summed E-state index contributed by atoms with van der Waals surface area (Å²) >= 11 is 0. The molecule has 1 aromatic carbocycles. The Labute approximate surface area is 127 Å². The average Bonchev–Trinajstić information content (AvgIpc) is 2.31. The van der Waals surface area contributed by atoms with Gasteiger partial charge in [-0.1, -0.05) is 31.5 Å². The first-order valence-corrected chi connectivity index (χ1v) is 7.26. The standard InChI is InChI=1S/C16H26N4O/c1-6-8-12-10-7-9-11(2)13(12)18-14(17)19-15(21)20-16(3,4)5/h7,9-10H,6,8H2,1-5H3,(H4,17,18,19,20,21). The summed E-state index contributed by atoms with van der Waals surface area (Å²) in [6.07, 6.45) is 1.97. The lowest BCUT2D eigenvalue weighted by Gasteiger charge is -2.21. The van der Waals surface area contributed by atoms with E-state index < -0.39 is 0 Å². The largest absolute Gasteiger partial charge is 0.333 e. The lowest BCUT2D eigenvalue weighted by atomic mass is 10.0. The first-order chi connectivity index (χ1) is 9.73. The molecule has 1 aromatic rings. The second kappa shape index (κ2) is 7.11. The van der Waals surface area contributed by atoms with E-state index in [1.807, 2.05) is 45.9 Å². The van der Waals surface area contributed by atoms with Crippen LogP contribution in [0.15, 0.2) is 18.2 Å². The minimum atomic E-state index is -0.384. The molecular weight excluding hydrogens is 264 g/mol. The number of rotatable bonds is 3. The van der Waals surface area contributed by atoms with Gasteiger partial charge in [-0.25, -0.2) is 4.79 Å². The quantitative estimate of drug-likeness (QED) is 0.508. The van der Waals surface area contributed by atoms with Crippen LogP contribution < -0.4 is 16.0 Å². The summed E-state index contributed by atoms with van der Waals surface area (Å²) in [7, 11) is 0. The van der Waals surface area contributed by atoms with Crippen molar-refractivity contribution in [3.63, 3.8) is 0 Å². The fourth-order valence-electron chi connectivity index (χ4n) is 2.03. The fraction of sp³-hybridized carbons (Fsp3) is 0.500. The van der Waals surface area contributed by atoms with Crippen molar-refractivity contribution in [3.05, 3.63) is 29.3 Å². The van der Waals surface area contributed by atoms with Crippen molar-refractivity contribution in [2.45, 2.75) is 53.0 Å². The van der Waals surface area contributed by atoms with Crippen LogP contribution in [0.5, 0.6) is 0 Å². The maximum Gasteiger partial charge on any atom is 0.321 e. The number of carbonyl (C=O) groups excluding carboxylic acids is 1. The highest BCUT2D eigenvalue weighted by molar-refractivity contribution is 6.02. The van der Waals surface area contributed by atoms with Crippen LogP contribution in [0.1, 0.15) is 45.2 Å². The van der Waals surface area contributed by atoms with Crippen LogP contribution in [0.2, 0.25) is 0 Å². The molecule has 0 unspecified atom stereocenters. The fourth-order valence-corrected chi connectivity index (χ4v) is 2.03. The number of anilines is 1. The van der Waals surface area contributed by atoms with E-state index >= 15 is 0 Å². The molecule has 0 aliphatic heterocycles. The average molecular weight is 290 g/mol. The molecule has 2 amide bonds. The molecule has 0 spiro atoms. The maximum absolute atomic E-state index is 11.8. The lowest BCUT2D eigenvalue weighted by Crippen LogP contribution is -2.49. The maximum atomic E-state index is 11.8. The first kappa shape index (κ1) is 17.0. The van der Waals surface area contributed by atoms with Crippen LogP contribution in [0.25, 0.3) is 0 Å². The van der Waals surface area contributed by atoms with E-state index in [-0.39, 0.29) is 17.5 Å². The molecule has 1 rings (SSSR count). The topological polar surface area (TPSA) is 77.0 Å². The van der Waals surface area contributed by atoms with Gasteiger partial charge < -0.3 is 10.6 Å². The molecule has 0 aliphatic rings. The van der Waals surface area contributed by atoms with Gasteiger partial charge in [-0.3, -0.25) is 10.7 Å². The van der Waals surface area contributed by atoms with Gasteiger partial charge in [0.05, 0.1) is 0 Å². The van der Waals surface area contributed by atoms with Crippen molar-refractivity contribution in [2.75, 3.05) is 5.32 Å². The molecule has 0 atom stereocenters. The van der Waals surface area contributed by atoms with Crippen molar-refractivity contribution in [3.8, 4) is 0 Å². The van der Waals surface area contributed by atoms with Gasteiger partial charge in [-0.2, -0.15) is 0 Å². The minimum Gasteiger partial charge on any atom is -0.333 e. The number of aryl methyl sites for hydroxylation is 2. The Balaban J connectivity index is 2.73. The molecule has 0 saturated carbocycles. The van der Waals surface area contributed by atoms with Crippen LogP contribution in [0.3, 0.4) is 0 Å². The second-order valence-electron chi connectivity index (χ2n) is 6.19. The van der Waals surface area contributed by atoms with Gasteiger partial charge in [0.2, 0.25) is 5.96 Å². The molecule has 5 nitrogen and oxygen atoms in total. The molecule has 5 heteroatoms. The molecule has 0 heterocycles. The summed E-state index contributed by atoms with van der Waals surface area (Å²) in [6, 6.07) is 5.66. The van der Waals surface area contributed by atoms with Crippen molar-refractivity contribution >= 4 is 17.7 Å². The van der Waals surface area contributed by atoms with E-state index in [2.05, 4.69) is 22.9 Å².